The van der Waals surface area contributed by atoms with E-state index in [1.165, 1.54) is 38.5 Å². The molecule has 1 aromatic carbocycles. The van der Waals surface area contributed by atoms with E-state index in [0.29, 0.717) is 0 Å². The number of carbonyl (C=O) groups excluding carboxylic acids is 1. The number of nitrogens with one attached hydrogen (secondary N) is 1. The highest BCUT2D eigenvalue weighted by molar-refractivity contribution is 5.89. The molecule has 2 fully saturated rings. The van der Waals surface area contributed by atoms with Crippen molar-refractivity contribution in [3.63, 3.8) is 0 Å². The second kappa shape index (κ2) is 5.52. The normalized spacial score (nSPS) is 26.3. The van der Waals surface area contributed by atoms with E-state index in [2.05, 4.69) is 10.1 Å². The van der Waals surface area contributed by atoms with Crippen molar-refractivity contribution in [2.45, 2.75) is 31.7 Å². The molecule has 1 saturated carbocycles. The number of methoxy groups -OCH3 is 1. The van der Waals surface area contributed by atoms with Gasteiger partial charge < -0.3 is 10.1 Å². The largest absolute Gasteiger partial charge is 0.465 e. The molecular formula is C16H20FNO2. The molecule has 0 radical (unpaired) electrons. The monoisotopic (exact) mass is 277 g/mol. The zero-order valence-electron chi connectivity index (χ0n) is 11.7. The summed E-state index contributed by atoms with van der Waals surface area (Å²) in [6.07, 6.45) is 5.01. The Morgan fingerprint density at radius 2 is 2.10 bits per heavy atom. The van der Waals surface area contributed by atoms with Crippen LogP contribution in [0.1, 0.15) is 47.6 Å². The molecule has 2 aliphatic rings. The third-order valence-electron chi connectivity index (χ3n) is 4.53. The van der Waals surface area contributed by atoms with Crippen molar-refractivity contribution >= 4 is 5.97 Å². The van der Waals surface area contributed by atoms with Gasteiger partial charge in [-0.3, -0.25) is 0 Å². The maximum atomic E-state index is 14.0. The van der Waals surface area contributed by atoms with Crippen molar-refractivity contribution in [1.29, 1.82) is 0 Å². The van der Waals surface area contributed by atoms with Gasteiger partial charge in [0.05, 0.1) is 12.7 Å². The van der Waals surface area contributed by atoms with Gasteiger partial charge in [-0.1, -0.05) is 6.07 Å². The summed E-state index contributed by atoms with van der Waals surface area (Å²) in [6, 6.07) is 5.04. The summed E-state index contributed by atoms with van der Waals surface area (Å²) in [5, 5.41) is 3.46. The fourth-order valence-corrected chi connectivity index (χ4v) is 3.22. The van der Waals surface area contributed by atoms with Crippen LogP contribution in [0.25, 0.3) is 0 Å². The van der Waals surface area contributed by atoms with Crippen molar-refractivity contribution in [1.82, 2.24) is 5.32 Å². The van der Waals surface area contributed by atoms with Crippen LogP contribution in [-0.2, 0) is 4.74 Å². The Hall–Kier alpha value is -1.42. The molecule has 1 heterocycles. The third kappa shape index (κ3) is 2.70. The highest BCUT2D eigenvalue weighted by atomic mass is 19.1. The number of halogens is 1. The summed E-state index contributed by atoms with van der Waals surface area (Å²) in [4.78, 5) is 11.4. The summed E-state index contributed by atoms with van der Waals surface area (Å²) in [5.41, 5.74) is 0.936. The zero-order chi connectivity index (χ0) is 14.1. The van der Waals surface area contributed by atoms with Gasteiger partial charge in [0.15, 0.2) is 0 Å². The van der Waals surface area contributed by atoms with E-state index in [4.69, 9.17) is 0 Å². The standard InChI is InChI=1S/C16H20FNO2/c1-20-16(19)13-5-4-12(8-14(13)17)15-9-11(6-7-18-15)10-2-3-10/h4-5,8,10-11,15,18H,2-3,6-7,9H2,1H3/t11-,15-/m0/s1. The first kappa shape index (κ1) is 13.6. The lowest BCUT2D eigenvalue weighted by atomic mass is 9.85. The van der Waals surface area contributed by atoms with Crippen LogP contribution in [0, 0.1) is 17.7 Å². The Morgan fingerprint density at radius 3 is 2.75 bits per heavy atom. The zero-order valence-corrected chi connectivity index (χ0v) is 11.7. The molecule has 108 valence electrons. The Labute approximate surface area is 118 Å². The van der Waals surface area contributed by atoms with Crippen molar-refractivity contribution in [2.75, 3.05) is 13.7 Å². The molecule has 0 unspecified atom stereocenters. The van der Waals surface area contributed by atoms with Crippen LogP contribution in [-0.4, -0.2) is 19.6 Å². The first-order valence-corrected chi connectivity index (χ1v) is 7.30. The Kier molecular flexibility index (Phi) is 3.74. The lowest BCUT2D eigenvalue weighted by Gasteiger charge is -2.31. The number of ether oxygens (including phenoxy) is 1. The molecule has 1 aromatic rings. The summed E-state index contributed by atoms with van der Waals surface area (Å²) >= 11 is 0. The van der Waals surface area contributed by atoms with Gasteiger partial charge in [0.25, 0.3) is 0 Å². The van der Waals surface area contributed by atoms with E-state index in [0.717, 1.165) is 30.4 Å². The quantitative estimate of drug-likeness (QED) is 0.863. The SMILES string of the molecule is COC(=O)c1ccc([C@@H]2C[C@@H](C3CC3)CCN2)cc1F. The molecule has 3 rings (SSSR count). The smallest absolute Gasteiger partial charge is 0.340 e. The Morgan fingerprint density at radius 1 is 1.30 bits per heavy atom. The van der Waals surface area contributed by atoms with Crippen LogP contribution >= 0.6 is 0 Å². The first-order chi connectivity index (χ1) is 9.69. The molecule has 0 amide bonds. The predicted octanol–water partition coefficient (Wildman–Crippen LogP) is 3.06. The maximum Gasteiger partial charge on any atom is 0.340 e. The second-order valence-electron chi connectivity index (χ2n) is 5.86. The van der Waals surface area contributed by atoms with Gasteiger partial charge in [0.2, 0.25) is 0 Å². The van der Waals surface area contributed by atoms with Gasteiger partial charge in [0.1, 0.15) is 5.82 Å². The average molecular weight is 277 g/mol. The number of benzene rings is 1. The van der Waals surface area contributed by atoms with E-state index in [1.807, 2.05) is 6.07 Å². The molecule has 1 saturated heterocycles. The number of piperidine rings is 1. The predicted molar refractivity (Wildman–Crippen MR) is 73.9 cm³/mol. The average Bonchev–Trinajstić information content (AvgIpc) is 3.31. The van der Waals surface area contributed by atoms with Gasteiger partial charge >= 0.3 is 5.97 Å². The molecule has 1 N–H and O–H groups in total. The molecular weight excluding hydrogens is 257 g/mol. The van der Waals surface area contributed by atoms with Crippen LogP contribution in [0.5, 0.6) is 0 Å². The minimum absolute atomic E-state index is 0.00537. The van der Waals surface area contributed by atoms with Gasteiger partial charge in [-0.25, -0.2) is 9.18 Å². The van der Waals surface area contributed by atoms with Crippen molar-refractivity contribution < 1.29 is 13.9 Å². The minimum Gasteiger partial charge on any atom is -0.465 e. The van der Waals surface area contributed by atoms with Crippen molar-refractivity contribution in [3.8, 4) is 0 Å². The van der Waals surface area contributed by atoms with Gasteiger partial charge in [-0.15, -0.1) is 0 Å². The van der Waals surface area contributed by atoms with Gasteiger partial charge in [-0.2, -0.15) is 0 Å². The number of carbonyl (C=O) groups is 1. The molecule has 0 bridgehead atoms. The Bertz CT molecular complexity index is 513. The Balaban J connectivity index is 1.76. The fraction of sp³-hybridized carbons (Fsp3) is 0.562. The third-order valence-corrected chi connectivity index (χ3v) is 4.53. The molecule has 20 heavy (non-hydrogen) atoms. The topological polar surface area (TPSA) is 38.3 Å². The molecule has 1 aliphatic carbocycles. The minimum atomic E-state index is -0.624. The summed E-state index contributed by atoms with van der Waals surface area (Å²) in [7, 11) is 1.26. The van der Waals surface area contributed by atoms with Crippen molar-refractivity contribution in [3.05, 3.63) is 35.1 Å². The van der Waals surface area contributed by atoms with E-state index < -0.39 is 11.8 Å². The van der Waals surface area contributed by atoms with E-state index >= 15 is 0 Å². The van der Waals surface area contributed by atoms with Crippen LogP contribution in [0.3, 0.4) is 0 Å². The summed E-state index contributed by atoms with van der Waals surface area (Å²) < 4.78 is 18.5. The number of rotatable bonds is 3. The maximum absolute atomic E-state index is 14.0. The van der Waals surface area contributed by atoms with E-state index in [-0.39, 0.29) is 11.6 Å². The number of hydrogen-bond donors (Lipinski definition) is 1. The number of esters is 1. The highest BCUT2D eigenvalue weighted by Gasteiger charge is 2.35. The molecule has 0 aromatic heterocycles. The van der Waals surface area contributed by atoms with Gasteiger partial charge in [-0.05, 0) is 61.8 Å². The lowest BCUT2D eigenvalue weighted by Crippen LogP contribution is -2.32. The van der Waals surface area contributed by atoms with E-state index in [1.54, 1.807) is 0 Å². The van der Waals surface area contributed by atoms with Crippen LogP contribution in [0.15, 0.2) is 18.2 Å². The fourth-order valence-electron chi connectivity index (χ4n) is 3.22. The summed E-state index contributed by atoms with van der Waals surface area (Å²) in [5.74, 6) is 0.537. The van der Waals surface area contributed by atoms with Crippen molar-refractivity contribution in [2.24, 2.45) is 11.8 Å². The molecule has 4 heteroatoms. The molecule has 2 atom stereocenters. The van der Waals surface area contributed by atoms with Crippen LogP contribution in [0.2, 0.25) is 0 Å². The van der Waals surface area contributed by atoms with Crippen LogP contribution in [0.4, 0.5) is 4.39 Å². The highest BCUT2D eigenvalue weighted by Crippen LogP contribution is 2.44. The molecule has 1 aliphatic heterocycles. The van der Waals surface area contributed by atoms with Gasteiger partial charge in [0, 0.05) is 6.04 Å². The molecule has 3 nitrogen and oxygen atoms in total. The van der Waals surface area contributed by atoms with Crippen LogP contribution < -0.4 is 5.32 Å². The lowest BCUT2D eigenvalue weighted by molar-refractivity contribution is 0.0595. The first-order valence-electron chi connectivity index (χ1n) is 7.30. The van der Waals surface area contributed by atoms with E-state index in [9.17, 15) is 9.18 Å². The number of hydrogen-bond acceptors (Lipinski definition) is 3. The molecule has 0 spiro atoms. The summed E-state index contributed by atoms with van der Waals surface area (Å²) in [6.45, 7) is 0.992. The second-order valence-corrected chi connectivity index (χ2v) is 5.86.